The van der Waals surface area contributed by atoms with Crippen LogP contribution in [0.4, 0.5) is 0 Å². The molecule has 0 bridgehead atoms. The van der Waals surface area contributed by atoms with Crippen molar-refractivity contribution in [1.82, 2.24) is 10.2 Å². The highest BCUT2D eigenvalue weighted by Gasteiger charge is 2.14. The molecule has 1 unspecified atom stereocenters. The first-order valence-corrected chi connectivity index (χ1v) is 8.79. The number of nitrogens with one attached hydrogen (secondary N) is 1. The molecular formula is C19H32N2. The molecule has 0 aliphatic carbocycles. The van der Waals surface area contributed by atoms with Gasteiger partial charge in [-0.1, -0.05) is 38.1 Å². The molecule has 1 aromatic carbocycles. The van der Waals surface area contributed by atoms with E-state index in [0.717, 1.165) is 32.0 Å². The van der Waals surface area contributed by atoms with Gasteiger partial charge in [0.2, 0.25) is 0 Å². The lowest BCUT2D eigenvalue weighted by Gasteiger charge is -2.22. The van der Waals surface area contributed by atoms with E-state index in [-0.39, 0.29) is 0 Å². The largest absolute Gasteiger partial charge is 0.316 e. The molecule has 2 heteroatoms. The van der Waals surface area contributed by atoms with Crippen molar-refractivity contribution in [3.05, 3.63) is 35.4 Å². The molecule has 1 aliphatic rings. The Hall–Kier alpha value is -0.860. The third-order valence-electron chi connectivity index (χ3n) is 4.62. The van der Waals surface area contributed by atoms with E-state index >= 15 is 0 Å². The quantitative estimate of drug-likeness (QED) is 0.767. The minimum atomic E-state index is 0.906. The molecule has 0 radical (unpaired) electrons. The summed E-state index contributed by atoms with van der Waals surface area (Å²) in [5.41, 5.74) is 3.06. The van der Waals surface area contributed by atoms with Crippen LogP contribution < -0.4 is 5.32 Å². The van der Waals surface area contributed by atoms with Crippen LogP contribution in [0.2, 0.25) is 0 Å². The highest BCUT2D eigenvalue weighted by molar-refractivity contribution is 5.27. The fourth-order valence-corrected chi connectivity index (χ4v) is 3.20. The van der Waals surface area contributed by atoms with Gasteiger partial charge in [-0.15, -0.1) is 0 Å². The zero-order valence-corrected chi connectivity index (χ0v) is 13.9. The van der Waals surface area contributed by atoms with Crippen molar-refractivity contribution in [2.75, 3.05) is 26.2 Å². The first-order chi connectivity index (χ1) is 10.3. The van der Waals surface area contributed by atoms with Gasteiger partial charge >= 0.3 is 0 Å². The number of nitrogens with zero attached hydrogens (tertiary/aromatic N) is 1. The summed E-state index contributed by atoms with van der Waals surface area (Å²) in [6, 6.07) is 9.01. The van der Waals surface area contributed by atoms with E-state index < -0.39 is 0 Å². The molecule has 0 saturated carbocycles. The van der Waals surface area contributed by atoms with E-state index in [1.165, 1.54) is 49.9 Å². The smallest absolute Gasteiger partial charge is 0.0236 e. The Morgan fingerprint density at radius 3 is 2.71 bits per heavy atom. The Balaban J connectivity index is 1.89. The molecule has 0 amide bonds. The zero-order valence-electron chi connectivity index (χ0n) is 13.9. The first-order valence-electron chi connectivity index (χ1n) is 8.79. The van der Waals surface area contributed by atoms with Crippen molar-refractivity contribution >= 4 is 0 Å². The number of hydrogen-bond donors (Lipinski definition) is 1. The van der Waals surface area contributed by atoms with E-state index in [1.54, 1.807) is 0 Å². The summed E-state index contributed by atoms with van der Waals surface area (Å²) in [4.78, 5) is 2.65. The van der Waals surface area contributed by atoms with E-state index in [0.29, 0.717) is 0 Å². The van der Waals surface area contributed by atoms with Crippen molar-refractivity contribution in [3.8, 4) is 0 Å². The highest BCUT2D eigenvalue weighted by Crippen LogP contribution is 2.19. The zero-order chi connectivity index (χ0) is 14.9. The summed E-state index contributed by atoms with van der Waals surface area (Å²) in [5, 5.41) is 3.52. The minimum absolute atomic E-state index is 0.906. The fourth-order valence-electron chi connectivity index (χ4n) is 3.20. The van der Waals surface area contributed by atoms with E-state index in [1.807, 2.05) is 0 Å². The molecule has 0 aromatic heterocycles. The topological polar surface area (TPSA) is 15.3 Å². The Morgan fingerprint density at radius 2 is 1.90 bits per heavy atom. The van der Waals surface area contributed by atoms with Gasteiger partial charge in [0.25, 0.3) is 0 Å². The Morgan fingerprint density at radius 1 is 1.10 bits per heavy atom. The summed E-state index contributed by atoms with van der Waals surface area (Å²) >= 11 is 0. The average molecular weight is 288 g/mol. The minimum Gasteiger partial charge on any atom is -0.316 e. The Labute approximate surface area is 130 Å². The summed E-state index contributed by atoms with van der Waals surface area (Å²) < 4.78 is 0. The summed E-state index contributed by atoms with van der Waals surface area (Å²) in [7, 11) is 0. The lowest BCUT2D eigenvalue weighted by Crippen LogP contribution is -2.25. The molecule has 2 nitrogen and oxygen atoms in total. The Bertz CT molecular complexity index is 402. The molecule has 1 heterocycles. The Kier molecular flexibility index (Phi) is 7.25. The van der Waals surface area contributed by atoms with Gasteiger partial charge in [0, 0.05) is 6.54 Å². The molecule has 1 fully saturated rings. The van der Waals surface area contributed by atoms with Gasteiger partial charge < -0.3 is 5.32 Å². The normalized spacial score (nSPS) is 20.4. The first kappa shape index (κ1) is 16.5. The molecule has 0 spiro atoms. The van der Waals surface area contributed by atoms with Crippen LogP contribution in [0.25, 0.3) is 0 Å². The van der Waals surface area contributed by atoms with E-state index in [2.05, 4.69) is 48.3 Å². The maximum Gasteiger partial charge on any atom is 0.0236 e. The van der Waals surface area contributed by atoms with Gasteiger partial charge in [-0.05, 0) is 75.3 Å². The van der Waals surface area contributed by atoms with Crippen molar-refractivity contribution in [1.29, 1.82) is 0 Å². The van der Waals surface area contributed by atoms with Crippen LogP contribution >= 0.6 is 0 Å². The third-order valence-corrected chi connectivity index (χ3v) is 4.62. The number of rotatable bonds is 7. The van der Waals surface area contributed by atoms with Crippen molar-refractivity contribution < 1.29 is 0 Å². The molecule has 21 heavy (non-hydrogen) atoms. The summed E-state index contributed by atoms with van der Waals surface area (Å²) in [5.74, 6) is 0.906. The van der Waals surface area contributed by atoms with E-state index in [9.17, 15) is 0 Å². The van der Waals surface area contributed by atoms with Crippen LogP contribution in [0.3, 0.4) is 0 Å². The van der Waals surface area contributed by atoms with Crippen LogP contribution in [-0.4, -0.2) is 31.1 Å². The molecule has 1 N–H and O–H groups in total. The lowest BCUT2D eigenvalue weighted by molar-refractivity contribution is 0.273. The molecule has 1 saturated heterocycles. The second kappa shape index (κ2) is 9.22. The van der Waals surface area contributed by atoms with Crippen LogP contribution in [0.5, 0.6) is 0 Å². The van der Waals surface area contributed by atoms with Gasteiger partial charge in [-0.25, -0.2) is 0 Å². The van der Waals surface area contributed by atoms with Crippen molar-refractivity contribution in [2.45, 2.75) is 52.5 Å². The maximum atomic E-state index is 3.52. The van der Waals surface area contributed by atoms with Gasteiger partial charge in [-0.3, -0.25) is 4.90 Å². The average Bonchev–Trinajstić information content (AvgIpc) is 2.70. The molecule has 1 aliphatic heterocycles. The highest BCUT2D eigenvalue weighted by atomic mass is 15.1. The second-order valence-electron chi connectivity index (χ2n) is 6.58. The fraction of sp³-hybridized carbons (Fsp3) is 0.684. The standard InChI is InChI=1S/C19H32N2/c1-3-12-20-13-10-18-8-4-5-9-19(18)16-21-14-6-7-17(2)11-15-21/h4-5,8-9,17,20H,3,6-7,10-16H2,1-2H3. The molecular weight excluding hydrogens is 256 g/mol. The van der Waals surface area contributed by atoms with Gasteiger partial charge in [0.1, 0.15) is 0 Å². The van der Waals surface area contributed by atoms with Crippen LogP contribution in [0.1, 0.15) is 50.7 Å². The SMILES string of the molecule is CCCNCCc1ccccc1CN1CCCC(C)CC1. The lowest BCUT2D eigenvalue weighted by atomic mass is 10.0. The van der Waals surface area contributed by atoms with Crippen LogP contribution in [0, 0.1) is 5.92 Å². The van der Waals surface area contributed by atoms with Crippen LogP contribution in [0.15, 0.2) is 24.3 Å². The van der Waals surface area contributed by atoms with Gasteiger partial charge in [-0.2, -0.15) is 0 Å². The van der Waals surface area contributed by atoms with Crippen molar-refractivity contribution in [2.24, 2.45) is 5.92 Å². The predicted octanol–water partition coefficient (Wildman–Crippen LogP) is 3.85. The second-order valence-corrected chi connectivity index (χ2v) is 6.58. The maximum absolute atomic E-state index is 3.52. The van der Waals surface area contributed by atoms with Gasteiger partial charge in [0.15, 0.2) is 0 Å². The number of benzene rings is 1. The van der Waals surface area contributed by atoms with E-state index in [4.69, 9.17) is 0 Å². The van der Waals surface area contributed by atoms with Crippen LogP contribution in [-0.2, 0) is 13.0 Å². The predicted molar refractivity (Wildman–Crippen MR) is 91.6 cm³/mol. The number of hydrogen-bond acceptors (Lipinski definition) is 2. The number of likely N-dealkylation sites (tertiary alicyclic amines) is 1. The summed E-state index contributed by atoms with van der Waals surface area (Å²) in [6.45, 7) is 10.5. The molecule has 1 atom stereocenters. The monoisotopic (exact) mass is 288 g/mol. The molecule has 1 aromatic rings. The van der Waals surface area contributed by atoms with Gasteiger partial charge in [0.05, 0.1) is 0 Å². The third kappa shape index (κ3) is 5.80. The molecule has 2 rings (SSSR count). The summed E-state index contributed by atoms with van der Waals surface area (Å²) in [6.07, 6.45) is 6.49. The van der Waals surface area contributed by atoms with Crippen molar-refractivity contribution in [3.63, 3.8) is 0 Å². The molecule has 118 valence electrons.